The van der Waals surface area contributed by atoms with Gasteiger partial charge in [0.2, 0.25) is 5.91 Å². The fourth-order valence-corrected chi connectivity index (χ4v) is 3.65. The number of amides is 2. The molecule has 1 saturated heterocycles. The Hall–Kier alpha value is -3.65. The van der Waals surface area contributed by atoms with E-state index in [-0.39, 0.29) is 26.1 Å². The molecule has 1 aliphatic rings. The third kappa shape index (κ3) is 4.97. The van der Waals surface area contributed by atoms with Gasteiger partial charge in [-0.3, -0.25) is 9.69 Å². The lowest BCUT2D eigenvalue weighted by Gasteiger charge is -2.23. The molecule has 0 radical (unpaired) electrons. The van der Waals surface area contributed by atoms with E-state index in [0.717, 1.165) is 5.56 Å². The summed E-state index contributed by atoms with van der Waals surface area (Å²) in [4.78, 5) is 26.4. The zero-order chi connectivity index (χ0) is 22.5. The molecule has 7 nitrogen and oxygen atoms in total. The van der Waals surface area contributed by atoms with Crippen molar-refractivity contribution in [2.45, 2.75) is 31.7 Å². The van der Waals surface area contributed by atoms with Crippen LogP contribution in [0.25, 0.3) is 11.3 Å². The molecule has 166 valence electrons. The van der Waals surface area contributed by atoms with Crippen LogP contribution in [0.5, 0.6) is 0 Å². The van der Waals surface area contributed by atoms with Crippen molar-refractivity contribution < 1.29 is 28.2 Å². The molecule has 4 rings (SSSR count). The largest absolute Gasteiger partial charge is 0.464 e. The van der Waals surface area contributed by atoms with E-state index in [4.69, 9.17) is 9.15 Å². The van der Waals surface area contributed by atoms with Crippen molar-refractivity contribution >= 4 is 12.0 Å². The van der Waals surface area contributed by atoms with Crippen LogP contribution in [0, 0.1) is 5.82 Å². The van der Waals surface area contributed by atoms with Gasteiger partial charge in [0.05, 0.1) is 18.9 Å². The minimum Gasteiger partial charge on any atom is -0.464 e. The number of carbonyl (C=O) groups excluding carboxylic acids is 2. The normalized spacial score (nSPS) is 17.9. The molecule has 0 saturated carbocycles. The summed E-state index contributed by atoms with van der Waals surface area (Å²) >= 11 is 0. The van der Waals surface area contributed by atoms with Gasteiger partial charge < -0.3 is 19.6 Å². The van der Waals surface area contributed by atoms with E-state index >= 15 is 0 Å². The Bertz CT molecular complexity index is 1070. The van der Waals surface area contributed by atoms with E-state index in [1.807, 2.05) is 30.3 Å². The molecular weight excluding hydrogens is 415 g/mol. The molecule has 2 heterocycles. The molecule has 2 aromatic carbocycles. The Balaban J connectivity index is 1.35. The summed E-state index contributed by atoms with van der Waals surface area (Å²) in [5, 5.41) is 12.7. The number of hydrogen-bond donors (Lipinski definition) is 2. The molecule has 1 fully saturated rings. The molecule has 0 unspecified atom stereocenters. The van der Waals surface area contributed by atoms with E-state index in [2.05, 4.69) is 5.32 Å². The highest BCUT2D eigenvalue weighted by molar-refractivity contribution is 5.86. The van der Waals surface area contributed by atoms with Crippen molar-refractivity contribution in [2.24, 2.45) is 0 Å². The number of benzene rings is 2. The van der Waals surface area contributed by atoms with Crippen LogP contribution in [-0.2, 0) is 22.7 Å². The molecule has 0 bridgehead atoms. The number of furan rings is 1. The summed E-state index contributed by atoms with van der Waals surface area (Å²) < 4.78 is 25.0. The van der Waals surface area contributed by atoms with Crippen LogP contribution >= 0.6 is 0 Å². The fourth-order valence-electron chi connectivity index (χ4n) is 3.65. The van der Waals surface area contributed by atoms with Crippen LogP contribution in [0.1, 0.15) is 17.5 Å². The number of rotatable bonds is 6. The van der Waals surface area contributed by atoms with Crippen molar-refractivity contribution in [1.82, 2.24) is 10.2 Å². The predicted octanol–water partition coefficient (Wildman–Crippen LogP) is 3.47. The Morgan fingerprint density at radius 3 is 2.69 bits per heavy atom. The van der Waals surface area contributed by atoms with Crippen LogP contribution in [0.15, 0.2) is 71.3 Å². The van der Waals surface area contributed by atoms with E-state index in [1.165, 1.54) is 17.2 Å². The van der Waals surface area contributed by atoms with E-state index < -0.39 is 30.0 Å². The quantitative estimate of drug-likeness (QED) is 0.615. The molecule has 3 aromatic rings. The minimum absolute atomic E-state index is 0.00207. The molecule has 32 heavy (non-hydrogen) atoms. The zero-order valence-electron chi connectivity index (χ0n) is 17.2. The van der Waals surface area contributed by atoms with Gasteiger partial charge >= 0.3 is 6.09 Å². The monoisotopic (exact) mass is 438 g/mol. The van der Waals surface area contributed by atoms with Crippen LogP contribution in [0.2, 0.25) is 0 Å². The van der Waals surface area contributed by atoms with Crippen molar-refractivity contribution in [3.8, 4) is 11.3 Å². The SMILES string of the molecule is O=C(NCc1ccc(-c2ccco2)cc1F)[C@@H]1C[C@@H](O)CN1C(=O)OCc1ccccc1. The lowest BCUT2D eigenvalue weighted by atomic mass is 10.1. The van der Waals surface area contributed by atoms with Gasteiger partial charge in [-0.1, -0.05) is 42.5 Å². The highest BCUT2D eigenvalue weighted by Crippen LogP contribution is 2.23. The number of aliphatic hydroxyl groups excluding tert-OH is 1. The second kappa shape index (κ2) is 9.65. The number of carbonyl (C=O) groups is 2. The first-order chi connectivity index (χ1) is 15.5. The molecule has 2 N–H and O–H groups in total. The molecule has 2 amide bonds. The number of hydrogen-bond acceptors (Lipinski definition) is 5. The summed E-state index contributed by atoms with van der Waals surface area (Å²) in [6.07, 6.45) is 0.0825. The number of ether oxygens (including phenoxy) is 1. The summed E-state index contributed by atoms with van der Waals surface area (Å²) in [6.45, 7) is 0.00828. The maximum absolute atomic E-state index is 14.5. The summed E-state index contributed by atoms with van der Waals surface area (Å²) in [6, 6.07) is 16.3. The Morgan fingerprint density at radius 2 is 1.97 bits per heavy atom. The van der Waals surface area contributed by atoms with Crippen LogP contribution in [0.4, 0.5) is 9.18 Å². The first kappa shape index (κ1) is 21.6. The van der Waals surface area contributed by atoms with Crippen LogP contribution in [-0.4, -0.2) is 40.7 Å². The van der Waals surface area contributed by atoms with Gasteiger partial charge in [-0.2, -0.15) is 0 Å². The highest BCUT2D eigenvalue weighted by atomic mass is 19.1. The number of nitrogens with one attached hydrogen (secondary N) is 1. The Morgan fingerprint density at radius 1 is 1.16 bits per heavy atom. The van der Waals surface area contributed by atoms with Crippen molar-refractivity contribution in [1.29, 1.82) is 0 Å². The van der Waals surface area contributed by atoms with Gasteiger partial charge in [-0.15, -0.1) is 0 Å². The number of β-amino-alcohol motifs (C(OH)–C–C–N with tert-alkyl or cyclic N) is 1. The van der Waals surface area contributed by atoms with Gasteiger partial charge in [0.25, 0.3) is 0 Å². The van der Waals surface area contributed by atoms with Gasteiger partial charge in [0.15, 0.2) is 0 Å². The maximum Gasteiger partial charge on any atom is 0.410 e. The molecule has 0 aliphatic carbocycles. The molecule has 0 spiro atoms. The van der Waals surface area contributed by atoms with Gasteiger partial charge in [0, 0.05) is 24.1 Å². The van der Waals surface area contributed by atoms with Crippen molar-refractivity contribution in [2.75, 3.05) is 6.54 Å². The standard InChI is InChI=1S/C24H23FN2O5/c25-20-11-17(22-7-4-10-31-22)8-9-18(20)13-26-23(29)21-12-19(28)14-27(21)24(30)32-15-16-5-2-1-3-6-16/h1-11,19,21,28H,12-15H2,(H,26,29)/t19-,21+/m1/s1. The highest BCUT2D eigenvalue weighted by Gasteiger charge is 2.39. The molecular formula is C24H23FN2O5. The molecule has 1 aliphatic heterocycles. The average molecular weight is 438 g/mol. The Labute approximate surface area is 184 Å². The fraction of sp³-hybridized carbons (Fsp3) is 0.250. The topological polar surface area (TPSA) is 92.0 Å². The minimum atomic E-state index is -0.890. The van der Waals surface area contributed by atoms with E-state index in [9.17, 15) is 19.1 Å². The lowest BCUT2D eigenvalue weighted by Crippen LogP contribution is -2.46. The maximum atomic E-state index is 14.5. The third-order valence-corrected chi connectivity index (χ3v) is 5.33. The number of aliphatic hydroxyl groups is 1. The lowest BCUT2D eigenvalue weighted by molar-refractivity contribution is -0.125. The Kier molecular flexibility index (Phi) is 6.51. The van der Waals surface area contributed by atoms with Crippen LogP contribution in [0.3, 0.4) is 0 Å². The van der Waals surface area contributed by atoms with Gasteiger partial charge in [0.1, 0.15) is 24.2 Å². The first-order valence-electron chi connectivity index (χ1n) is 10.3. The second-order valence-electron chi connectivity index (χ2n) is 7.60. The average Bonchev–Trinajstić information content (AvgIpc) is 3.47. The zero-order valence-corrected chi connectivity index (χ0v) is 17.2. The van der Waals surface area contributed by atoms with E-state index in [0.29, 0.717) is 16.9 Å². The predicted molar refractivity (Wildman–Crippen MR) is 114 cm³/mol. The van der Waals surface area contributed by atoms with Crippen molar-refractivity contribution in [3.63, 3.8) is 0 Å². The number of likely N-dealkylation sites (tertiary alicyclic amines) is 1. The number of nitrogens with zero attached hydrogens (tertiary/aromatic N) is 1. The summed E-state index contributed by atoms with van der Waals surface area (Å²) in [5.41, 5.74) is 1.70. The summed E-state index contributed by atoms with van der Waals surface area (Å²) in [5.74, 6) is -0.415. The molecule has 2 atom stereocenters. The molecule has 8 heteroatoms. The van der Waals surface area contributed by atoms with Crippen LogP contribution < -0.4 is 5.32 Å². The smallest absolute Gasteiger partial charge is 0.410 e. The van der Waals surface area contributed by atoms with Gasteiger partial charge in [-0.05, 0) is 23.8 Å². The summed E-state index contributed by atoms with van der Waals surface area (Å²) in [7, 11) is 0. The van der Waals surface area contributed by atoms with E-state index in [1.54, 1.807) is 24.3 Å². The first-order valence-corrected chi connectivity index (χ1v) is 10.3. The van der Waals surface area contributed by atoms with Crippen molar-refractivity contribution in [3.05, 3.63) is 83.9 Å². The third-order valence-electron chi connectivity index (χ3n) is 5.33. The molecule has 1 aromatic heterocycles. The number of halogens is 1. The van der Waals surface area contributed by atoms with Gasteiger partial charge in [-0.25, -0.2) is 9.18 Å². The second-order valence-corrected chi connectivity index (χ2v) is 7.60.